The van der Waals surface area contributed by atoms with Crippen LogP contribution in [-0.2, 0) is 0 Å². The first-order chi connectivity index (χ1) is 9.12. The summed E-state index contributed by atoms with van der Waals surface area (Å²) >= 11 is 6.52. The number of benzene rings is 1. The number of halogens is 1. The van der Waals surface area contributed by atoms with Gasteiger partial charge in [-0.1, -0.05) is 25.3 Å². The Kier molecular flexibility index (Phi) is 3.51. The molecule has 2 fully saturated rings. The second kappa shape index (κ2) is 5.01. The van der Waals surface area contributed by atoms with Crippen LogP contribution in [-0.4, -0.2) is 11.5 Å². The average Bonchev–Trinajstić information content (AvgIpc) is 2.43. The lowest BCUT2D eigenvalue weighted by Gasteiger charge is -2.55. The fourth-order valence-corrected chi connectivity index (χ4v) is 4.18. The van der Waals surface area contributed by atoms with Crippen LogP contribution in [0.25, 0.3) is 0 Å². The summed E-state index contributed by atoms with van der Waals surface area (Å²) in [6, 6.07) is 6.41. The molecule has 104 valence electrons. The third-order valence-electron chi connectivity index (χ3n) is 5.23. The molecule has 0 bridgehead atoms. The molecule has 1 nitrogen and oxygen atoms in total. The van der Waals surface area contributed by atoms with Crippen molar-refractivity contribution in [2.24, 2.45) is 5.41 Å². The Bertz CT molecular complexity index is 462. The highest BCUT2D eigenvalue weighted by Crippen LogP contribution is 2.55. The minimum atomic E-state index is 0.262. The predicted molar refractivity (Wildman–Crippen MR) is 80.1 cm³/mol. The molecule has 0 N–H and O–H groups in total. The Labute approximate surface area is 121 Å². The third kappa shape index (κ3) is 2.27. The summed E-state index contributed by atoms with van der Waals surface area (Å²) < 4.78 is 6.27. The summed E-state index contributed by atoms with van der Waals surface area (Å²) in [6.45, 7) is 4.28. The summed E-state index contributed by atoms with van der Waals surface area (Å²) in [6.07, 6.45) is 7.83. The Hall–Kier alpha value is -0.690. The molecule has 0 amide bonds. The first-order valence-corrected chi connectivity index (χ1v) is 7.93. The minimum absolute atomic E-state index is 0.262. The van der Waals surface area contributed by atoms with E-state index in [1.165, 1.54) is 43.2 Å². The van der Waals surface area contributed by atoms with Crippen LogP contribution >= 0.6 is 11.6 Å². The lowest BCUT2D eigenvalue weighted by molar-refractivity contribution is -0.0650. The number of alkyl halides is 1. The molecule has 0 heterocycles. The highest BCUT2D eigenvalue weighted by atomic mass is 35.5. The lowest BCUT2D eigenvalue weighted by Crippen LogP contribution is -2.58. The van der Waals surface area contributed by atoms with Gasteiger partial charge in [0.25, 0.3) is 0 Å². The van der Waals surface area contributed by atoms with Crippen molar-refractivity contribution in [3.8, 4) is 5.75 Å². The van der Waals surface area contributed by atoms with Crippen molar-refractivity contribution in [1.29, 1.82) is 0 Å². The molecule has 0 aliphatic heterocycles. The number of hydrogen-bond acceptors (Lipinski definition) is 1. The van der Waals surface area contributed by atoms with Crippen molar-refractivity contribution < 1.29 is 4.74 Å². The molecular weight excluding hydrogens is 256 g/mol. The van der Waals surface area contributed by atoms with Crippen LogP contribution in [0.4, 0.5) is 0 Å². The van der Waals surface area contributed by atoms with Crippen molar-refractivity contribution in [3.63, 3.8) is 0 Å². The van der Waals surface area contributed by atoms with Gasteiger partial charge < -0.3 is 4.74 Å². The van der Waals surface area contributed by atoms with Crippen molar-refractivity contribution in [1.82, 2.24) is 0 Å². The molecule has 1 aromatic rings. The number of aryl methyl sites for hydroxylation is 2. The van der Waals surface area contributed by atoms with Crippen LogP contribution in [0.2, 0.25) is 0 Å². The second-order valence-electron chi connectivity index (χ2n) is 6.35. The summed E-state index contributed by atoms with van der Waals surface area (Å²) in [5, 5.41) is 0.323. The van der Waals surface area contributed by atoms with Gasteiger partial charge in [-0.05, 0) is 49.9 Å². The Morgan fingerprint density at radius 2 is 1.84 bits per heavy atom. The Balaban J connectivity index is 1.74. The van der Waals surface area contributed by atoms with Crippen LogP contribution < -0.4 is 4.74 Å². The van der Waals surface area contributed by atoms with Gasteiger partial charge >= 0.3 is 0 Å². The number of rotatable bonds is 2. The predicted octanol–water partition coefficient (Wildman–Crippen LogP) is 5.01. The minimum Gasteiger partial charge on any atom is -0.490 e. The van der Waals surface area contributed by atoms with Gasteiger partial charge in [-0.2, -0.15) is 0 Å². The van der Waals surface area contributed by atoms with Gasteiger partial charge in [0.15, 0.2) is 0 Å². The molecule has 2 heteroatoms. The largest absolute Gasteiger partial charge is 0.490 e. The first kappa shape index (κ1) is 13.3. The Morgan fingerprint density at radius 3 is 2.47 bits per heavy atom. The van der Waals surface area contributed by atoms with Crippen LogP contribution in [0.5, 0.6) is 5.75 Å². The highest BCUT2D eigenvalue weighted by Gasteiger charge is 2.55. The van der Waals surface area contributed by atoms with E-state index in [2.05, 4.69) is 32.0 Å². The smallest absolute Gasteiger partial charge is 0.120 e. The zero-order valence-corrected chi connectivity index (χ0v) is 12.7. The van der Waals surface area contributed by atoms with E-state index >= 15 is 0 Å². The molecule has 0 aromatic heterocycles. The molecule has 2 atom stereocenters. The normalized spacial score (nSPS) is 29.0. The van der Waals surface area contributed by atoms with Crippen LogP contribution in [0.15, 0.2) is 18.2 Å². The number of ether oxygens (including phenoxy) is 1. The maximum atomic E-state index is 6.52. The molecule has 1 aromatic carbocycles. The first-order valence-electron chi connectivity index (χ1n) is 7.50. The monoisotopic (exact) mass is 278 g/mol. The van der Waals surface area contributed by atoms with E-state index in [1.807, 2.05) is 0 Å². The van der Waals surface area contributed by atoms with E-state index in [0.717, 1.165) is 12.2 Å². The van der Waals surface area contributed by atoms with E-state index in [1.54, 1.807) is 0 Å². The molecule has 2 aliphatic carbocycles. The summed E-state index contributed by atoms with van der Waals surface area (Å²) in [5.41, 5.74) is 2.89. The molecule has 0 radical (unpaired) electrons. The van der Waals surface area contributed by atoms with Crippen LogP contribution in [0.3, 0.4) is 0 Å². The molecule has 19 heavy (non-hydrogen) atoms. The highest BCUT2D eigenvalue weighted by molar-refractivity contribution is 6.21. The molecule has 3 rings (SSSR count). The third-order valence-corrected chi connectivity index (χ3v) is 5.84. The van der Waals surface area contributed by atoms with Gasteiger partial charge in [0, 0.05) is 17.2 Å². The Morgan fingerprint density at radius 1 is 1.11 bits per heavy atom. The van der Waals surface area contributed by atoms with Crippen molar-refractivity contribution in [2.45, 2.75) is 63.9 Å². The molecule has 2 aliphatic rings. The maximum absolute atomic E-state index is 6.52. The summed E-state index contributed by atoms with van der Waals surface area (Å²) in [5.74, 6) is 1.02. The molecule has 2 saturated carbocycles. The van der Waals surface area contributed by atoms with Gasteiger partial charge in [0.05, 0.1) is 0 Å². The van der Waals surface area contributed by atoms with Gasteiger partial charge in [0.2, 0.25) is 0 Å². The molecule has 0 saturated heterocycles. The number of hydrogen-bond donors (Lipinski definition) is 0. The lowest BCUT2D eigenvalue weighted by atomic mass is 9.58. The maximum Gasteiger partial charge on any atom is 0.120 e. The van der Waals surface area contributed by atoms with Gasteiger partial charge in [-0.25, -0.2) is 0 Å². The van der Waals surface area contributed by atoms with E-state index in [0.29, 0.717) is 11.5 Å². The quantitative estimate of drug-likeness (QED) is 0.691. The van der Waals surface area contributed by atoms with E-state index < -0.39 is 0 Å². The SMILES string of the molecule is Cc1ccc(OC2CC(Cl)C23CCCCC3)cc1C. The zero-order valence-electron chi connectivity index (χ0n) is 11.9. The average molecular weight is 279 g/mol. The van der Waals surface area contributed by atoms with Gasteiger partial charge in [0.1, 0.15) is 11.9 Å². The van der Waals surface area contributed by atoms with E-state index in [9.17, 15) is 0 Å². The molecule has 2 unspecified atom stereocenters. The van der Waals surface area contributed by atoms with Crippen LogP contribution in [0.1, 0.15) is 49.7 Å². The fraction of sp³-hybridized carbons (Fsp3) is 0.647. The summed E-state index contributed by atoms with van der Waals surface area (Å²) in [4.78, 5) is 0. The molecule has 1 spiro atoms. The van der Waals surface area contributed by atoms with Crippen LogP contribution in [0, 0.1) is 19.3 Å². The van der Waals surface area contributed by atoms with Crippen molar-refractivity contribution in [2.75, 3.05) is 0 Å². The van der Waals surface area contributed by atoms with Gasteiger partial charge in [-0.3, -0.25) is 0 Å². The molecular formula is C17H23ClO. The van der Waals surface area contributed by atoms with Crippen molar-refractivity contribution >= 4 is 11.6 Å². The standard InChI is InChI=1S/C17H23ClO/c1-12-6-7-14(10-13(12)2)19-16-11-15(18)17(16)8-4-3-5-9-17/h6-7,10,15-16H,3-5,8-9,11H2,1-2H3. The van der Waals surface area contributed by atoms with E-state index in [4.69, 9.17) is 16.3 Å². The second-order valence-corrected chi connectivity index (χ2v) is 6.88. The topological polar surface area (TPSA) is 9.23 Å². The fourth-order valence-electron chi connectivity index (χ4n) is 3.66. The zero-order chi connectivity index (χ0) is 13.5. The summed E-state index contributed by atoms with van der Waals surface area (Å²) in [7, 11) is 0. The van der Waals surface area contributed by atoms with E-state index in [-0.39, 0.29) is 5.41 Å². The van der Waals surface area contributed by atoms with Crippen molar-refractivity contribution in [3.05, 3.63) is 29.3 Å². The van der Waals surface area contributed by atoms with Gasteiger partial charge in [-0.15, -0.1) is 11.6 Å².